The summed E-state index contributed by atoms with van der Waals surface area (Å²) in [5.74, 6) is 0.974. The van der Waals surface area contributed by atoms with E-state index >= 15 is 0 Å². The molecule has 1 aromatic rings. The van der Waals surface area contributed by atoms with Crippen LogP contribution in [0.3, 0.4) is 0 Å². The van der Waals surface area contributed by atoms with Crippen molar-refractivity contribution in [2.45, 2.75) is 64.3 Å². The summed E-state index contributed by atoms with van der Waals surface area (Å²) in [5, 5.41) is 6.36. The lowest BCUT2D eigenvalue weighted by atomic mass is 10.2. The van der Waals surface area contributed by atoms with E-state index in [4.69, 9.17) is 9.15 Å². The second kappa shape index (κ2) is 5.87. The summed E-state index contributed by atoms with van der Waals surface area (Å²) in [4.78, 5) is 11.6. The molecule has 1 amide bonds. The van der Waals surface area contributed by atoms with Gasteiger partial charge < -0.3 is 19.8 Å². The number of rotatable bonds is 5. The van der Waals surface area contributed by atoms with Gasteiger partial charge in [-0.15, -0.1) is 0 Å². The van der Waals surface area contributed by atoms with Crippen molar-refractivity contribution in [3.63, 3.8) is 0 Å². The number of nitrogens with one attached hydrogen (secondary N) is 2. The van der Waals surface area contributed by atoms with Crippen LogP contribution in [0.5, 0.6) is 0 Å². The number of ether oxygens (including phenoxy) is 1. The van der Waals surface area contributed by atoms with Crippen LogP contribution in [0.25, 0.3) is 0 Å². The van der Waals surface area contributed by atoms with Gasteiger partial charge in [-0.05, 0) is 46.2 Å². The Balaban J connectivity index is 1.66. The van der Waals surface area contributed by atoms with Crippen molar-refractivity contribution >= 4 is 6.09 Å². The SMILES string of the molecule is CC(Cc1ccco1)NC1CC1NC(=O)OC(C)(C)C. The third-order valence-electron chi connectivity index (χ3n) is 3.08. The van der Waals surface area contributed by atoms with E-state index in [9.17, 15) is 4.79 Å². The molecule has 2 N–H and O–H groups in total. The zero-order valence-electron chi connectivity index (χ0n) is 12.6. The first-order valence-corrected chi connectivity index (χ1v) is 7.11. The van der Waals surface area contributed by atoms with Gasteiger partial charge in [0.1, 0.15) is 11.4 Å². The Hall–Kier alpha value is -1.49. The third kappa shape index (κ3) is 4.89. The minimum absolute atomic E-state index is 0.170. The molecule has 0 bridgehead atoms. The van der Waals surface area contributed by atoms with Crippen LogP contribution in [-0.4, -0.2) is 29.8 Å². The molecule has 5 nitrogen and oxygen atoms in total. The Labute approximate surface area is 120 Å². The first-order chi connectivity index (χ1) is 9.33. The Morgan fingerprint density at radius 3 is 2.85 bits per heavy atom. The fourth-order valence-electron chi connectivity index (χ4n) is 2.15. The minimum Gasteiger partial charge on any atom is -0.469 e. The van der Waals surface area contributed by atoms with Gasteiger partial charge in [-0.2, -0.15) is 0 Å². The standard InChI is InChI=1S/C15H24N2O3/c1-10(8-11-6-5-7-19-11)16-12-9-13(12)17-14(18)20-15(2,3)4/h5-7,10,12-13,16H,8-9H2,1-4H3,(H,17,18). The van der Waals surface area contributed by atoms with E-state index in [1.165, 1.54) is 0 Å². The predicted molar refractivity (Wildman–Crippen MR) is 76.6 cm³/mol. The first-order valence-electron chi connectivity index (χ1n) is 7.11. The lowest BCUT2D eigenvalue weighted by Gasteiger charge is -2.20. The molecule has 3 atom stereocenters. The molecule has 0 spiro atoms. The summed E-state index contributed by atoms with van der Waals surface area (Å²) < 4.78 is 10.6. The number of amides is 1. The Morgan fingerprint density at radius 2 is 2.25 bits per heavy atom. The first kappa shape index (κ1) is 14.9. The zero-order valence-corrected chi connectivity index (χ0v) is 12.6. The molecule has 0 saturated heterocycles. The van der Waals surface area contributed by atoms with Crippen LogP contribution in [0, 0.1) is 0 Å². The molecule has 2 rings (SSSR count). The second-order valence-electron chi connectivity index (χ2n) is 6.45. The Bertz CT molecular complexity index is 436. The number of alkyl carbamates (subject to hydrolysis) is 1. The molecule has 1 aromatic heterocycles. The molecule has 0 aliphatic heterocycles. The summed E-state index contributed by atoms with van der Waals surface area (Å²) in [7, 11) is 0. The van der Waals surface area contributed by atoms with Gasteiger partial charge in [0.15, 0.2) is 0 Å². The predicted octanol–water partition coefficient (Wildman–Crippen LogP) is 2.47. The average Bonchev–Trinajstić information content (AvgIpc) is 2.80. The van der Waals surface area contributed by atoms with Crippen LogP contribution in [0.1, 0.15) is 39.9 Å². The van der Waals surface area contributed by atoms with E-state index in [1.54, 1.807) is 6.26 Å². The van der Waals surface area contributed by atoms with E-state index in [1.807, 2.05) is 32.9 Å². The molecular weight excluding hydrogens is 256 g/mol. The molecule has 1 fully saturated rings. The van der Waals surface area contributed by atoms with Crippen molar-refractivity contribution < 1.29 is 13.9 Å². The van der Waals surface area contributed by atoms with Crippen LogP contribution in [0.4, 0.5) is 4.79 Å². The fraction of sp³-hybridized carbons (Fsp3) is 0.667. The average molecular weight is 280 g/mol. The highest BCUT2D eigenvalue weighted by Crippen LogP contribution is 2.23. The molecule has 0 radical (unpaired) electrons. The van der Waals surface area contributed by atoms with Gasteiger partial charge in [-0.3, -0.25) is 0 Å². The van der Waals surface area contributed by atoms with Crippen molar-refractivity contribution in [2.75, 3.05) is 0 Å². The van der Waals surface area contributed by atoms with E-state index < -0.39 is 5.60 Å². The van der Waals surface area contributed by atoms with Gasteiger partial charge >= 0.3 is 6.09 Å². The van der Waals surface area contributed by atoms with Crippen molar-refractivity contribution in [3.8, 4) is 0 Å². The van der Waals surface area contributed by atoms with Crippen LogP contribution in [0.15, 0.2) is 22.8 Å². The quantitative estimate of drug-likeness (QED) is 0.869. The number of furan rings is 1. The zero-order chi connectivity index (χ0) is 14.8. The lowest BCUT2D eigenvalue weighted by Crippen LogP contribution is -2.39. The molecule has 112 valence electrons. The van der Waals surface area contributed by atoms with E-state index in [-0.39, 0.29) is 12.1 Å². The van der Waals surface area contributed by atoms with Crippen molar-refractivity contribution in [1.82, 2.24) is 10.6 Å². The second-order valence-corrected chi connectivity index (χ2v) is 6.45. The van der Waals surface area contributed by atoms with Gasteiger partial charge in [0, 0.05) is 24.5 Å². The maximum atomic E-state index is 11.6. The van der Waals surface area contributed by atoms with Crippen LogP contribution >= 0.6 is 0 Å². The van der Waals surface area contributed by atoms with E-state index in [2.05, 4.69) is 17.6 Å². The summed E-state index contributed by atoms with van der Waals surface area (Å²) in [6.07, 6.45) is 3.14. The van der Waals surface area contributed by atoms with E-state index in [0.29, 0.717) is 12.1 Å². The molecule has 20 heavy (non-hydrogen) atoms. The lowest BCUT2D eigenvalue weighted by molar-refractivity contribution is 0.0522. The topological polar surface area (TPSA) is 63.5 Å². The molecule has 5 heteroatoms. The number of hydrogen-bond donors (Lipinski definition) is 2. The maximum Gasteiger partial charge on any atom is 0.407 e. The molecular formula is C15H24N2O3. The normalized spacial score (nSPS) is 23.2. The highest BCUT2D eigenvalue weighted by Gasteiger charge is 2.39. The monoisotopic (exact) mass is 280 g/mol. The number of carbonyl (C=O) groups is 1. The maximum absolute atomic E-state index is 11.6. The van der Waals surface area contributed by atoms with Crippen LogP contribution < -0.4 is 10.6 Å². The highest BCUT2D eigenvalue weighted by molar-refractivity contribution is 5.68. The summed E-state index contributed by atoms with van der Waals surface area (Å²) in [6, 6.07) is 4.68. The van der Waals surface area contributed by atoms with Gasteiger partial charge in [-0.1, -0.05) is 0 Å². The van der Waals surface area contributed by atoms with Gasteiger partial charge in [0.2, 0.25) is 0 Å². The fourth-order valence-corrected chi connectivity index (χ4v) is 2.15. The smallest absolute Gasteiger partial charge is 0.407 e. The molecule has 1 aliphatic carbocycles. The molecule has 1 saturated carbocycles. The van der Waals surface area contributed by atoms with Crippen LogP contribution in [-0.2, 0) is 11.2 Å². The van der Waals surface area contributed by atoms with Crippen molar-refractivity contribution in [2.24, 2.45) is 0 Å². The Kier molecular flexibility index (Phi) is 4.38. The summed E-state index contributed by atoms with van der Waals surface area (Å²) in [6.45, 7) is 7.70. The highest BCUT2D eigenvalue weighted by atomic mass is 16.6. The Morgan fingerprint density at radius 1 is 1.50 bits per heavy atom. The third-order valence-corrected chi connectivity index (χ3v) is 3.08. The van der Waals surface area contributed by atoms with E-state index in [0.717, 1.165) is 18.6 Å². The van der Waals surface area contributed by atoms with Gasteiger partial charge in [0.25, 0.3) is 0 Å². The molecule has 1 aliphatic rings. The largest absolute Gasteiger partial charge is 0.469 e. The molecule has 0 aromatic carbocycles. The van der Waals surface area contributed by atoms with Crippen LogP contribution in [0.2, 0.25) is 0 Å². The van der Waals surface area contributed by atoms with Crippen molar-refractivity contribution in [3.05, 3.63) is 24.2 Å². The number of carbonyl (C=O) groups excluding carboxylic acids is 1. The summed E-state index contributed by atoms with van der Waals surface area (Å²) in [5.41, 5.74) is -0.450. The minimum atomic E-state index is -0.450. The van der Waals surface area contributed by atoms with Gasteiger partial charge in [-0.25, -0.2) is 4.79 Å². The number of hydrogen-bond acceptors (Lipinski definition) is 4. The summed E-state index contributed by atoms with van der Waals surface area (Å²) >= 11 is 0. The molecule has 3 unspecified atom stereocenters. The van der Waals surface area contributed by atoms with Gasteiger partial charge in [0.05, 0.1) is 6.26 Å². The molecule has 1 heterocycles. The van der Waals surface area contributed by atoms with Crippen molar-refractivity contribution in [1.29, 1.82) is 0 Å².